The minimum atomic E-state index is -0.851. The van der Waals surface area contributed by atoms with E-state index in [1.54, 1.807) is 30.7 Å². The number of pyridine rings is 1. The number of nitrogens with zero attached hydrogens (tertiary/aromatic N) is 2. The van der Waals surface area contributed by atoms with Crippen molar-refractivity contribution in [3.8, 4) is 0 Å². The summed E-state index contributed by atoms with van der Waals surface area (Å²) >= 11 is 6.07. The largest absolute Gasteiger partial charge is 0.398 e. The summed E-state index contributed by atoms with van der Waals surface area (Å²) in [5.41, 5.74) is 13.3. The van der Waals surface area contributed by atoms with E-state index in [1.165, 1.54) is 0 Å². The lowest BCUT2D eigenvalue weighted by Crippen LogP contribution is -2.44. The number of hydrogen-bond acceptors (Lipinski definition) is 5. The van der Waals surface area contributed by atoms with Crippen LogP contribution in [0.3, 0.4) is 0 Å². The molecule has 3 rings (SSSR count). The van der Waals surface area contributed by atoms with Gasteiger partial charge >= 0.3 is 0 Å². The fraction of sp³-hybridized carbons (Fsp3) is 0.0769. The summed E-state index contributed by atoms with van der Waals surface area (Å²) in [4.78, 5) is 8.83. The van der Waals surface area contributed by atoms with Gasteiger partial charge in [0, 0.05) is 22.5 Å². The van der Waals surface area contributed by atoms with Crippen LogP contribution < -0.4 is 16.6 Å². The van der Waals surface area contributed by atoms with Crippen LogP contribution in [-0.2, 0) is 5.66 Å². The molecule has 6 heteroatoms. The van der Waals surface area contributed by atoms with Crippen LogP contribution in [0.4, 0.5) is 5.69 Å². The first-order valence-electron chi connectivity index (χ1n) is 5.76. The Balaban J connectivity index is 2.22. The molecule has 1 aromatic heterocycles. The van der Waals surface area contributed by atoms with Gasteiger partial charge in [0.2, 0.25) is 0 Å². The molecule has 0 amide bonds. The minimum absolute atomic E-state index is 0.600. The minimum Gasteiger partial charge on any atom is -0.398 e. The van der Waals surface area contributed by atoms with Crippen molar-refractivity contribution < 1.29 is 0 Å². The standard InChI is InChI=1S/C13H12ClN5/c14-9-4-5-11(15)10(7-9)13(17-8-18-19-13)12-3-1-2-6-16-12/h1-8,19H,15H2,(H,17,18). The number of benzene rings is 1. The van der Waals surface area contributed by atoms with Crippen molar-refractivity contribution in [1.29, 1.82) is 0 Å². The number of nitrogen functional groups attached to an aromatic ring is 1. The molecule has 19 heavy (non-hydrogen) atoms. The van der Waals surface area contributed by atoms with Gasteiger partial charge in [-0.2, -0.15) is 5.43 Å². The lowest BCUT2D eigenvalue weighted by atomic mass is 9.95. The summed E-state index contributed by atoms with van der Waals surface area (Å²) in [6.07, 6.45) is 3.29. The average molecular weight is 274 g/mol. The molecule has 0 bridgehead atoms. The fourth-order valence-electron chi connectivity index (χ4n) is 2.12. The van der Waals surface area contributed by atoms with Crippen LogP contribution in [0.2, 0.25) is 5.02 Å². The molecular weight excluding hydrogens is 262 g/mol. The van der Waals surface area contributed by atoms with Gasteiger partial charge in [-0.1, -0.05) is 17.7 Å². The Labute approximate surface area is 115 Å². The second-order valence-corrected chi connectivity index (χ2v) is 4.62. The van der Waals surface area contributed by atoms with Crippen molar-refractivity contribution in [2.24, 2.45) is 4.99 Å². The monoisotopic (exact) mass is 273 g/mol. The Morgan fingerprint density at radius 3 is 2.79 bits per heavy atom. The predicted octanol–water partition coefficient (Wildman–Crippen LogP) is 1.65. The third kappa shape index (κ3) is 1.93. The Morgan fingerprint density at radius 1 is 1.21 bits per heavy atom. The number of nitrogens with one attached hydrogen (secondary N) is 2. The SMILES string of the molecule is Nc1ccc(Cl)cc1C1(c2ccccn2)N=CNN1. The van der Waals surface area contributed by atoms with Gasteiger partial charge in [-0.05, 0) is 30.3 Å². The van der Waals surface area contributed by atoms with Gasteiger partial charge in [0.25, 0.3) is 0 Å². The van der Waals surface area contributed by atoms with Crippen molar-refractivity contribution >= 4 is 23.6 Å². The van der Waals surface area contributed by atoms with Gasteiger partial charge in [0.15, 0.2) is 5.66 Å². The highest BCUT2D eigenvalue weighted by Crippen LogP contribution is 2.35. The zero-order chi connectivity index (χ0) is 13.3. The van der Waals surface area contributed by atoms with E-state index in [4.69, 9.17) is 17.3 Å². The Hall–Kier alpha value is -2.11. The molecule has 0 spiro atoms. The fourth-order valence-corrected chi connectivity index (χ4v) is 2.29. The number of aromatic nitrogens is 1. The van der Waals surface area contributed by atoms with Crippen LogP contribution in [0.25, 0.3) is 0 Å². The first kappa shape index (κ1) is 12.0. The third-order valence-corrected chi connectivity index (χ3v) is 3.25. The first-order chi connectivity index (χ1) is 9.22. The van der Waals surface area contributed by atoms with Crippen LogP contribution in [0.5, 0.6) is 0 Å². The molecule has 1 atom stereocenters. The molecule has 1 aliphatic heterocycles. The van der Waals surface area contributed by atoms with Crippen molar-refractivity contribution in [2.75, 3.05) is 5.73 Å². The molecular formula is C13H12ClN5. The molecule has 1 unspecified atom stereocenters. The van der Waals surface area contributed by atoms with Crippen LogP contribution >= 0.6 is 11.6 Å². The number of hydrogen-bond donors (Lipinski definition) is 3. The van der Waals surface area contributed by atoms with Crippen molar-refractivity contribution in [1.82, 2.24) is 15.8 Å². The summed E-state index contributed by atoms with van der Waals surface area (Å²) in [6.45, 7) is 0. The Morgan fingerprint density at radius 2 is 2.11 bits per heavy atom. The van der Waals surface area contributed by atoms with Crippen LogP contribution in [0.15, 0.2) is 47.6 Å². The maximum absolute atomic E-state index is 6.07. The normalized spacial score (nSPS) is 21.3. The molecule has 2 heterocycles. The molecule has 0 aliphatic carbocycles. The number of nitrogens with two attached hydrogens (primary N) is 1. The summed E-state index contributed by atoms with van der Waals surface area (Å²) in [7, 11) is 0. The molecule has 2 aromatic rings. The van der Waals surface area contributed by atoms with Gasteiger partial charge in [0.1, 0.15) is 0 Å². The summed E-state index contributed by atoms with van der Waals surface area (Å²) in [6, 6.07) is 10.9. The smallest absolute Gasteiger partial charge is 0.199 e. The summed E-state index contributed by atoms with van der Waals surface area (Å²) in [5, 5.41) is 0.600. The van der Waals surface area contributed by atoms with E-state index in [1.807, 2.05) is 18.2 Å². The second-order valence-electron chi connectivity index (χ2n) is 4.18. The number of halogens is 1. The Kier molecular flexibility index (Phi) is 2.85. The lowest BCUT2D eigenvalue weighted by molar-refractivity contribution is 0.424. The number of rotatable bonds is 2. The van der Waals surface area contributed by atoms with Gasteiger partial charge < -0.3 is 11.2 Å². The van der Waals surface area contributed by atoms with E-state index in [0.29, 0.717) is 10.7 Å². The van der Waals surface area contributed by atoms with Crippen LogP contribution in [0.1, 0.15) is 11.3 Å². The summed E-state index contributed by atoms with van der Waals surface area (Å²) in [5.74, 6) is 0. The molecule has 4 N–H and O–H groups in total. The second kappa shape index (κ2) is 4.53. The van der Waals surface area contributed by atoms with Gasteiger partial charge in [-0.25, -0.2) is 4.99 Å². The lowest BCUT2D eigenvalue weighted by Gasteiger charge is -2.27. The van der Waals surface area contributed by atoms with Gasteiger partial charge in [-0.15, -0.1) is 0 Å². The number of anilines is 1. The molecule has 0 fully saturated rings. The highest BCUT2D eigenvalue weighted by Gasteiger charge is 2.39. The summed E-state index contributed by atoms with van der Waals surface area (Å²) < 4.78 is 0. The van der Waals surface area contributed by atoms with Crippen molar-refractivity contribution in [3.63, 3.8) is 0 Å². The van der Waals surface area contributed by atoms with Gasteiger partial charge in [-0.3, -0.25) is 4.98 Å². The highest BCUT2D eigenvalue weighted by atomic mass is 35.5. The van der Waals surface area contributed by atoms with E-state index in [2.05, 4.69) is 20.8 Å². The molecule has 0 saturated heterocycles. The number of hydrazine groups is 1. The zero-order valence-corrected chi connectivity index (χ0v) is 10.7. The number of aliphatic imine (C=N–C) groups is 1. The molecule has 96 valence electrons. The Bertz CT molecular complexity index is 628. The first-order valence-corrected chi connectivity index (χ1v) is 6.13. The van der Waals surface area contributed by atoms with Crippen molar-refractivity contribution in [3.05, 3.63) is 58.9 Å². The predicted molar refractivity (Wildman–Crippen MR) is 75.6 cm³/mol. The average Bonchev–Trinajstić information content (AvgIpc) is 2.93. The molecule has 0 saturated carbocycles. The molecule has 0 radical (unpaired) electrons. The van der Waals surface area contributed by atoms with Crippen molar-refractivity contribution in [2.45, 2.75) is 5.66 Å². The quantitative estimate of drug-likeness (QED) is 0.728. The highest BCUT2D eigenvalue weighted by molar-refractivity contribution is 6.30. The van der Waals surface area contributed by atoms with Crippen LogP contribution in [0, 0.1) is 0 Å². The zero-order valence-electron chi connectivity index (χ0n) is 9.97. The molecule has 1 aliphatic rings. The van der Waals surface area contributed by atoms with Crippen LogP contribution in [-0.4, -0.2) is 11.3 Å². The molecule has 1 aromatic carbocycles. The topological polar surface area (TPSA) is 75.3 Å². The van der Waals surface area contributed by atoms with E-state index < -0.39 is 5.66 Å². The maximum Gasteiger partial charge on any atom is 0.199 e. The van der Waals surface area contributed by atoms with E-state index >= 15 is 0 Å². The molecule has 5 nitrogen and oxygen atoms in total. The third-order valence-electron chi connectivity index (χ3n) is 3.02. The van der Waals surface area contributed by atoms with E-state index in [0.717, 1.165) is 11.3 Å². The van der Waals surface area contributed by atoms with E-state index in [-0.39, 0.29) is 0 Å². The van der Waals surface area contributed by atoms with E-state index in [9.17, 15) is 0 Å². The maximum atomic E-state index is 6.07. The van der Waals surface area contributed by atoms with Gasteiger partial charge in [0.05, 0.1) is 12.0 Å².